The van der Waals surface area contributed by atoms with Crippen LogP contribution in [-0.2, 0) is 10.2 Å². The second-order valence-electron chi connectivity index (χ2n) is 5.81. The van der Waals surface area contributed by atoms with E-state index in [4.69, 9.17) is 14.2 Å². The molecule has 0 amide bonds. The predicted molar refractivity (Wildman–Crippen MR) is 77.6 cm³/mol. The largest absolute Gasteiger partial charge is 0.493 e. The highest BCUT2D eigenvalue weighted by molar-refractivity contribution is 5.50. The Balaban J connectivity index is 2.32. The maximum Gasteiger partial charge on any atom is 0.165 e. The van der Waals surface area contributed by atoms with Crippen molar-refractivity contribution in [2.75, 3.05) is 26.9 Å². The van der Waals surface area contributed by atoms with Gasteiger partial charge in [-0.1, -0.05) is 26.0 Å². The number of ether oxygens (including phenoxy) is 3. The third-order valence-electron chi connectivity index (χ3n) is 3.78. The van der Waals surface area contributed by atoms with Crippen LogP contribution in [-0.4, -0.2) is 38.1 Å². The topological polar surface area (TPSA) is 47.9 Å². The smallest absolute Gasteiger partial charge is 0.165 e. The number of aliphatic hydroxyl groups is 1. The molecular formula is C16H24O4. The minimum absolute atomic E-state index is 0.0598. The first kappa shape index (κ1) is 15.1. The van der Waals surface area contributed by atoms with Gasteiger partial charge < -0.3 is 19.3 Å². The minimum Gasteiger partial charge on any atom is -0.493 e. The molecular weight excluding hydrogens is 256 g/mol. The molecule has 0 aromatic heterocycles. The monoisotopic (exact) mass is 280 g/mol. The molecule has 1 heterocycles. The summed E-state index contributed by atoms with van der Waals surface area (Å²) in [6.07, 6.45) is 1.92. The number of aliphatic hydroxyl groups excluding tert-OH is 1. The Morgan fingerprint density at radius 3 is 2.60 bits per heavy atom. The fourth-order valence-electron chi connectivity index (χ4n) is 2.38. The van der Waals surface area contributed by atoms with E-state index >= 15 is 0 Å². The van der Waals surface area contributed by atoms with Gasteiger partial charge in [-0.2, -0.15) is 0 Å². The molecule has 20 heavy (non-hydrogen) atoms. The predicted octanol–water partition coefficient (Wildman–Crippen LogP) is 2.52. The first-order valence-corrected chi connectivity index (χ1v) is 7.11. The molecule has 1 N–H and O–H groups in total. The van der Waals surface area contributed by atoms with Crippen molar-refractivity contribution in [1.82, 2.24) is 0 Å². The van der Waals surface area contributed by atoms with Gasteiger partial charge in [-0.25, -0.2) is 0 Å². The Morgan fingerprint density at radius 1 is 1.30 bits per heavy atom. The molecule has 1 fully saturated rings. The Labute approximate surface area is 120 Å². The van der Waals surface area contributed by atoms with E-state index in [0.29, 0.717) is 0 Å². The highest BCUT2D eigenvalue weighted by atomic mass is 16.5. The summed E-state index contributed by atoms with van der Waals surface area (Å²) in [4.78, 5) is 0. The average molecular weight is 280 g/mol. The van der Waals surface area contributed by atoms with Gasteiger partial charge in [0.1, 0.15) is 6.10 Å². The van der Waals surface area contributed by atoms with Crippen LogP contribution >= 0.6 is 0 Å². The molecule has 0 atom stereocenters. The standard InChI is InChI=1S/C16H24O4/c1-16(2,11-17)13-5-4-6-14(18-3)15(13)20-12-7-9-19-10-8-12/h4-6,12,17H,7-11H2,1-3H3. The van der Waals surface area contributed by atoms with Crippen LogP contribution in [0.15, 0.2) is 18.2 Å². The molecule has 1 aliphatic heterocycles. The van der Waals surface area contributed by atoms with Crippen molar-refractivity contribution >= 4 is 0 Å². The van der Waals surface area contributed by atoms with Gasteiger partial charge in [-0.15, -0.1) is 0 Å². The quantitative estimate of drug-likeness (QED) is 0.900. The number of para-hydroxylation sites is 1. The summed E-state index contributed by atoms with van der Waals surface area (Å²) in [6.45, 7) is 5.53. The van der Waals surface area contributed by atoms with E-state index in [1.807, 2.05) is 32.0 Å². The van der Waals surface area contributed by atoms with Gasteiger partial charge in [0.25, 0.3) is 0 Å². The third-order valence-corrected chi connectivity index (χ3v) is 3.78. The highest BCUT2D eigenvalue weighted by Crippen LogP contribution is 2.39. The Hall–Kier alpha value is -1.26. The van der Waals surface area contributed by atoms with Crippen molar-refractivity contribution < 1.29 is 19.3 Å². The molecule has 0 radical (unpaired) electrons. The van der Waals surface area contributed by atoms with Gasteiger partial charge in [0, 0.05) is 23.8 Å². The van der Waals surface area contributed by atoms with Crippen LogP contribution in [0.25, 0.3) is 0 Å². The van der Waals surface area contributed by atoms with E-state index < -0.39 is 0 Å². The highest BCUT2D eigenvalue weighted by Gasteiger charge is 2.28. The molecule has 0 unspecified atom stereocenters. The van der Waals surface area contributed by atoms with Crippen LogP contribution in [0.3, 0.4) is 0 Å². The molecule has 0 bridgehead atoms. The minimum atomic E-state index is -0.366. The normalized spacial score (nSPS) is 17.0. The Morgan fingerprint density at radius 2 is 2.00 bits per heavy atom. The number of benzene rings is 1. The summed E-state index contributed by atoms with van der Waals surface area (Å²) in [7, 11) is 1.64. The van der Waals surface area contributed by atoms with Crippen LogP contribution < -0.4 is 9.47 Å². The molecule has 0 saturated carbocycles. The summed E-state index contributed by atoms with van der Waals surface area (Å²) in [5, 5.41) is 9.62. The van der Waals surface area contributed by atoms with Crippen molar-refractivity contribution in [3.8, 4) is 11.5 Å². The molecule has 1 aromatic carbocycles. The molecule has 112 valence electrons. The number of methoxy groups -OCH3 is 1. The van der Waals surface area contributed by atoms with Gasteiger partial charge in [0.05, 0.1) is 26.9 Å². The Kier molecular flexibility index (Phi) is 4.89. The lowest BCUT2D eigenvalue weighted by Crippen LogP contribution is -2.29. The van der Waals surface area contributed by atoms with Crippen molar-refractivity contribution in [3.63, 3.8) is 0 Å². The second-order valence-corrected chi connectivity index (χ2v) is 5.81. The van der Waals surface area contributed by atoms with Gasteiger partial charge in [-0.3, -0.25) is 0 Å². The van der Waals surface area contributed by atoms with Crippen molar-refractivity contribution in [2.45, 2.75) is 38.2 Å². The number of hydrogen-bond acceptors (Lipinski definition) is 4. The maximum atomic E-state index is 9.62. The second kappa shape index (κ2) is 6.46. The Bertz CT molecular complexity index is 436. The molecule has 2 rings (SSSR count). The molecule has 4 nitrogen and oxygen atoms in total. The summed E-state index contributed by atoms with van der Waals surface area (Å²) in [5.74, 6) is 1.47. The van der Waals surface area contributed by atoms with E-state index in [0.717, 1.165) is 43.1 Å². The lowest BCUT2D eigenvalue weighted by molar-refractivity contribution is 0.0235. The van der Waals surface area contributed by atoms with E-state index in [2.05, 4.69) is 0 Å². The average Bonchev–Trinajstić information content (AvgIpc) is 2.48. The zero-order chi connectivity index (χ0) is 14.6. The summed E-state index contributed by atoms with van der Waals surface area (Å²) >= 11 is 0. The van der Waals surface area contributed by atoms with E-state index in [1.54, 1.807) is 7.11 Å². The van der Waals surface area contributed by atoms with Crippen LogP contribution in [0.1, 0.15) is 32.3 Å². The summed E-state index contributed by atoms with van der Waals surface area (Å²) < 4.78 is 17.0. The zero-order valence-corrected chi connectivity index (χ0v) is 12.5. The first-order valence-electron chi connectivity index (χ1n) is 7.11. The molecule has 1 aliphatic rings. The van der Waals surface area contributed by atoms with Crippen LogP contribution in [0, 0.1) is 0 Å². The fraction of sp³-hybridized carbons (Fsp3) is 0.625. The maximum absolute atomic E-state index is 9.62. The molecule has 1 aromatic rings. The van der Waals surface area contributed by atoms with E-state index in [9.17, 15) is 5.11 Å². The zero-order valence-electron chi connectivity index (χ0n) is 12.5. The molecule has 1 saturated heterocycles. The van der Waals surface area contributed by atoms with E-state index in [-0.39, 0.29) is 18.1 Å². The van der Waals surface area contributed by atoms with Gasteiger partial charge >= 0.3 is 0 Å². The molecule has 0 spiro atoms. The lowest BCUT2D eigenvalue weighted by Gasteiger charge is -2.30. The summed E-state index contributed by atoms with van der Waals surface area (Å²) in [6, 6.07) is 5.82. The van der Waals surface area contributed by atoms with Crippen molar-refractivity contribution in [1.29, 1.82) is 0 Å². The van der Waals surface area contributed by atoms with Crippen LogP contribution in [0.2, 0.25) is 0 Å². The first-order chi connectivity index (χ1) is 9.58. The number of rotatable bonds is 5. The molecule has 4 heteroatoms. The van der Waals surface area contributed by atoms with Gasteiger partial charge in [0.2, 0.25) is 0 Å². The SMILES string of the molecule is COc1cccc(C(C)(C)CO)c1OC1CCOCC1. The van der Waals surface area contributed by atoms with Gasteiger partial charge in [-0.05, 0) is 6.07 Å². The van der Waals surface area contributed by atoms with Crippen LogP contribution in [0.4, 0.5) is 0 Å². The fourth-order valence-corrected chi connectivity index (χ4v) is 2.38. The van der Waals surface area contributed by atoms with Gasteiger partial charge in [0.15, 0.2) is 11.5 Å². The van der Waals surface area contributed by atoms with Crippen molar-refractivity contribution in [2.24, 2.45) is 0 Å². The van der Waals surface area contributed by atoms with Crippen molar-refractivity contribution in [3.05, 3.63) is 23.8 Å². The number of hydrogen-bond donors (Lipinski definition) is 1. The third kappa shape index (κ3) is 3.25. The lowest BCUT2D eigenvalue weighted by atomic mass is 9.84. The summed E-state index contributed by atoms with van der Waals surface area (Å²) in [5.41, 5.74) is 0.612. The molecule has 0 aliphatic carbocycles. The van der Waals surface area contributed by atoms with Crippen LogP contribution in [0.5, 0.6) is 11.5 Å². The van der Waals surface area contributed by atoms with E-state index in [1.165, 1.54) is 0 Å².